The zero-order valence-electron chi connectivity index (χ0n) is 18.9. The first-order chi connectivity index (χ1) is 14.1. The van der Waals surface area contributed by atoms with Crippen LogP contribution in [-0.4, -0.2) is 43.3 Å². The highest BCUT2D eigenvalue weighted by atomic mass is 31.1. The highest BCUT2D eigenvalue weighted by molar-refractivity contribution is 7.32. The molecule has 0 aromatic heterocycles. The topological polar surface area (TPSA) is 76.0 Å². The van der Waals surface area contributed by atoms with E-state index in [4.69, 9.17) is 14.2 Å². The van der Waals surface area contributed by atoms with Gasteiger partial charge >= 0.3 is 8.25 Å². The smallest absolute Gasteiger partial charge is 0.316 e. The van der Waals surface area contributed by atoms with E-state index in [0.29, 0.717) is 6.61 Å². The number of unbranched alkanes of at least 4 members (excludes halogenated alkanes) is 13. The minimum Gasteiger partial charge on any atom is -0.396 e. The van der Waals surface area contributed by atoms with E-state index in [0.717, 1.165) is 12.8 Å². The lowest BCUT2D eigenvalue weighted by Gasteiger charge is -2.24. The second kappa shape index (κ2) is 17.8. The molecule has 2 N–H and O–H groups in total. The highest BCUT2D eigenvalue weighted by Gasteiger charge is 2.43. The Morgan fingerprint density at radius 1 is 0.862 bits per heavy atom. The van der Waals surface area contributed by atoms with Gasteiger partial charge in [-0.3, -0.25) is 4.57 Å². The molecular formula is C22H46BO5P. The van der Waals surface area contributed by atoms with E-state index < -0.39 is 14.4 Å². The average molecular weight is 432 g/mol. The van der Waals surface area contributed by atoms with Crippen molar-refractivity contribution in [3.8, 4) is 0 Å². The zero-order valence-corrected chi connectivity index (χ0v) is 19.9. The van der Waals surface area contributed by atoms with E-state index in [1.165, 1.54) is 83.5 Å². The lowest BCUT2D eigenvalue weighted by molar-refractivity contribution is -0.0283. The first-order valence-corrected chi connectivity index (χ1v) is 13.5. The first kappa shape index (κ1) is 27.2. The Hall–Kier alpha value is 0.135. The third-order valence-corrected chi connectivity index (χ3v) is 6.78. The quantitative estimate of drug-likeness (QED) is 0.170. The zero-order chi connectivity index (χ0) is 21.3. The Labute approximate surface area is 180 Å². The van der Waals surface area contributed by atoms with Crippen LogP contribution in [0.15, 0.2) is 0 Å². The van der Waals surface area contributed by atoms with Crippen molar-refractivity contribution in [1.29, 1.82) is 0 Å². The molecule has 5 atom stereocenters. The van der Waals surface area contributed by atoms with Gasteiger partial charge in [0.1, 0.15) is 7.85 Å². The summed E-state index contributed by atoms with van der Waals surface area (Å²) in [7, 11) is -0.949. The number of aliphatic hydroxyl groups is 1. The minimum absolute atomic E-state index is 0.0249. The van der Waals surface area contributed by atoms with E-state index in [-0.39, 0.29) is 24.4 Å². The highest BCUT2D eigenvalue weighted by Crippen LogP contribution is 2.41. The molecular weight excluding hydrogens is 386 g/mol. The van der Waals surface area contributed by atoms with Crippen LogP contribution in [0.4, 0.5) is 0 Å². The molecule has 5 nitrogen and oxygen atoms in total. The molecule has 0 heterocycles. The molecule has 1 aliphatic carbocycles. The fraction of sp³-hybridized carbons (Fsp3) is 1.00. The van der Waals surface area contributed by atoms with E-state index in [2.05, 4.69) is 14.8 Å². The van der Waals surface area contributed by atoms with Crippen LogP contribution in [-0.2, 0) is 13.8 Å². The Kier molecular flexibility index (Phi) is 16.7. The maximum Gasteiger partial charge on any atom is 0.316 e. The van der Waals surface area contributed by atoms with Crippen LogP contribution in [0.5, 0.6) is 0 Å². The molecule has 0 aromatic rings. The first-order valence-electron chi connectivity index (χ1n) is 12.2. The van der Waals surface area contributed by atoms with Crippen molar-refractivity contribution in [3.05, 3.63) is 0 Å². The summed E-state index contributed by atoms with van der Waals surface area (Å²) in [4.78, 5) is 9.12. The molecule has 5 unspecified atom stereocenters. The minimum atomic E-state index is -3.02. The van der Waals surface area contributed by atoms with Gasteiger partial charge in [-0.25, -0.2) is 0 Å². The van der Waals surface area contributed by atoms with Crippen LogP contribution in [0, 0.1) is 5.92 Å². The summed E-state index contributed by atoms with van der Waals surface area (Å²) in [5.74, 6) is 0.137. The normalized spacial score (nSPS) is 25.5. The number of hydrogen-bond donors (Lipinski definition) is 2. The molecule has 1 fully saturated rings. The van der Waals surface area contributed by atoms with Gasteiger partial charge in [0.05, 0.1) is 12.2 Å². The van der Waals surface area contributed by atoms with Crippen molar-refractivity contribution in [1.82, 2.24) is 0 Å². The summed E-state index contributed by atoms with van der Waals surface area (Å²) in [5.41, 5.74) is 0. The van der Waals surface area contributed by atoms with Gasteiger partial charge in [-0.05, 0) is 18.7 Å². The largest absolute Gasteiger partial charge is 0.396 e. The summed E-state index contributed by atoms with van der Waals surface area (Å²) in [6.07, 6.45) is 18.8. The summed E-state index contributed by atoms with van der Waals surface area (Å²) >= 11 is 0. The molecule has 0 saturated heterocycles. The molecule has 0 amide bonds. The number of rotatable bonds is 19. The summed E-state index contributed by atoms with van der Waals surface area (Å²) < 4.78 is 22.3. The second-order valence-corrected chi connectivity index (χ2v) is 9.70. The number of ether oxygens (including phenoxy) is 1. The molecule has 29 heavy (non-hydrogen) atoms. The van der Waals surface area contributed by atoms with E-state index >= 15 is 0 Å². The van der Waals surface area contributed by atoms with Crippen LogP contribution in [0.1, 0.15) is 103 Å². The molecule has 1 rings (SSSR count). The van der Waals surface area contributed by atoms with Gasteiger partial charge in [0, 0.05) is 19.1 Å². The predicted octanol–water partition coefficient (Wildman–Crippen LogP) is 5.05. The molecule has 0 spiro atoms. The molecule has 0 radical (unpaired) electrons. The Morgan fingerprint density at radius 2 is 1.34 bits per heavy atom. The molecule has 0 aromatic carbocycles. The Morgan fingerprint density at radius 3 is 1.79 bits per heavy atom. The van der Waals surface area contributed by atoms with Crippen molar-refractivity contribution >= 4 is 16.1 Å². The van der Waals surface area contributed by atoms with Gasteiger partial charge < -0.3 is 19.3 Å². The van der Waals surface area contributed by atoms with Crippen LogP contribution in [0.2, 0.25) is 5.82 Å². The van der Waals surface area contributed by atoms with Gasteiger partial charge in [-0.15, -0.1) is 0 Å². The maximum atomic E-state index is 11.1. The van der Waals surface area contributed by atoms with Crippen molar-refractivity contribution in [2.24, 2.45) is 5.92 Å². The van der Waals surface area contributed by atoms with Crippen LogP contribution >= 0.6 is 8.25 Å². The van der Waals surface area contributed by atoms with Gasteiger partial charge in [0.15, 0.2) is 0 Å². The van der Waals surface area contributed by atoms with Gasteiger partial charge in [-0.1, -0.05) is 90.4 Å². The third-order valence-electron chi connectivity index (χ3n) is 6.30. The van der Waals surface area contributed by atoms with Crippen molar-refractivity contribution in [2.45, 2.75) is 121 Å². The fourth-order valence-electron chi connectivity index (χ4n) is 4.57. The van der Waals surface area contributed by atoms with Gasteiger partial charge in [0.2, 0.25) is 0 Å². The van der Waals surface area contributed by atoms with E-state index in [1.807, 2.05) is 0 Å². The maximum absolute atomic E-state index is 11.1. The SMILES string of the molecule is BC1CC(CO)C(O[PH](=O)O)C1OCCCCCCCCCCCCCCCC. The molecule has 172 valence electrons. The van der Waals surface area contributed by atoms with Crippen molar-refractivity contribution in [3.63, 3.8) is 0 Å². The van der Waals surface area contributed by atoms with E-state index in [1.54, 1.807) is 0 Å². The molecule has 1 aliphatic rings. The average Bonchev–Trinajstić information content (AvgIpc) is 2.99. The molecule has 0 aliphatic heterocycles. The Balaban J connectivity index is 1.96. The lowest BCUT2D eigenvalue weighted by Crippen LogP contribution is -2.32. The van der Waals surface area contributed by atoms with Crippen LogP contribution in [0.25, 0.3) is 0 Å². The van der Waals surface area contributed by atoms with Gasteiger partial charge in [-0.2, -0.15) is 0 Å². The van der Waals surface area contributed by atoms with Crippen LogP contribution < -0.4 is 0 Å². The summed E-state index contributed by atoms with van der Waals surface area (Å²) in [6, 6.07) is 0. The monoisotopic (exact) mass is 432 g/mol. The Bertz CT molecular complexity index is 413. The number of hydrogen-bond acceptors (Lipinski definition) is 4. The standard InChI is InChI=1S/C22H46BO5P/c1-2-3-4-5-6-7-8-9-10-11-12-13-14-15-16-27-22-20(23)17-19(18-24)21(22)28-29(25)26/h19-22,24,29H,2-18,23H2,1H3,(H,25,26). The lowest BCUT2D eigenvalue weighted by atomic mass is 9.83. The van der Waals surface area contributed by atoms with Crippen molar-refractivity contribution < 1.29 is 23.8 Å². The third kappa shape index (κ3) is 12.5. The predicted molar refractivity (Wildman–Crippen MR) is 124 cm³/mol. The van der Waals surface area contributed by atoms with E-state index in [9.17, 15) is 9.67 Å². The summed E-state index contributed by atoms with van der Waals surface area (Å²) in [6.45, 7) is 2.91. The molecule has 0 bridgehead atoms. The fourth-order valence-corrected chi connectivity index (χ4v) is 5.13. The second-order valence-electron chi connectivity index (χ2n) is 8.94. The summed E-state index contributed by atoms with van der Waals surface area (Å²) in [5, 5.41) is 9.48. The van der Waals surface area contributed by atoms with Crippen LogP contribution in [0.3, 0.4) is 0 Å². The molecule has 7 heteroatoms. The molecule has 1 saturated carbocycles. The van der Waals surface area contributed by atoms with Gasteiger partial charge in [0.25, 0.3) is 0 Å². The van der Waals surface area contributed by atoms with Crippen molar-refractivity contribution in [2.75, 3.05) is 13.2 Å². The number of aliphatic hydroxyl groups excluding tert-OH is 1.